The molecular weight excluding hydrogens is 332 g/mol. The van der Waals surface area contributed by atoms with Crippen molar-refractivity contribution >= 4 is 17.3 Å². The fourth-order valence-electron chi connectivity index (χ4n) is 2.79. The van der Waals surface area contributed by atoms with Crippen molar-refractivity contribution in [2.75, 3.05) is 12.4 Å². The monoisotopic (exact) mass is 352 g/mol. The molecule has 0 aliphatic heterocycles. The molecule has 0 fully saturated rings. The SMILES string of the molecule is CNc1ccc(Cl)cc1CN(Cc1ccccn1)Cc1ccccn1. The summed E-state index contributed by atoms with van der Waals surface area (Å²) in [6.45, 7) is 2.24. The van der Waals surface area contributed by atoms with Crippen molar-refractivity contribution in [2.45, 2.75) is 19.6 Å². The molecule has 5 heteroatoms. The number of hydrogen-bond donors (Lipinski definition) is 1. The van der Waals surface area contributed by atoms with Crippen molar-refractivity contribution < 1.29 is 0 Å². The van der Waals surface area contributed by atoms with Crippen LogP contribution < -0.4 is 5.32 Å². The van der Waals surface area contributed by atoms with Gasteiger partial charge < -0.3 is 5.32 Å². The normalized spacial score (nSPS) is 10.8. The first kappa shape index (κ1) is 17.4. The van der Waals surface area contributed by atoms with Crippen LogP contribution in [0.1, 0.15) is 17.0 Å². The minimum Gasteiger partial charge on any atom is -0.388 e. The third-order valence-corrected chi connectivity index (χ3v) is 4.19. The van der Waals surface area contributed by atoms with Crippen LogP contribution in [0.5, 0.6) is 0 Å². The average molecular weight is 353 g/mol. The maximum Gasteiger partial charge on any atom is 0.0544 e. The summed E-state index contributed by atoms with van der Waals surface area (Å²) in [4.78, 5) is 11.2. The molecule has 25 heavy (non-hydrogen) atoms. The van der Waals surface area contributed by atoms with E-state index in [1.165, 1.54) is 0 Å². The second-order valence-electron chi connectivity index (χ2n) is 5.84. The van der Waals surface area contributed by atoms with Gasteiger partial charge in [0.05, 0.1) is 11.4 Å². The summed E-state index contributed by atoms with van der Waals surface area (Å²) >= 11 is 6.21. The molecule has 1 N–H and O–H groups in total. The number of hydrogen-bond acceptors (Lipinski definition) is 4. The molecule has 0 radical (unpaired) electrons. The Labute approximate surface area is 153 Å². The Hall–Kier alpha value is -2.43. The molecule has 128 valence electrons. The Morgan fingerprint density at radius 2 is 1.52 bits per heavy atom. The van der Waals surface area contributed by atoms with E-state index in [9.17, 15) is 0 Å². The van der Waals surface area contributed by atoms with Crippen molar-refractivity contribution in [1.29, 1.82) is 0 Å². The molecule has 0 atom stereocenters. The predicted octanol–water partition coefficient (Wildman–Crippen LogP) is 4.37. The molecule has 2 heterocycles. The van der Waals surface area contributed by atoms with Gasteiger partial charge in [0, 0.05) is 49.8 Å². The molecule has 0 aliphatic rings. The van der Waals surface area contributed by atoms with Crippen molar-refractivity contribution in [3.63, 3.8) is 0 Å². The zero-order valence-electron chi connectivity index (χ0n) is 14.2. The summed E-state index contributed by atoms with van der Waals surface area (Å²) in [6, 6.07) is 17.9. The Bertz CT molecular complexity index is 752. The minimum absolute atomic E-state index is 0.740. The Morgan fingerprint density at radius 3 is 2.04 bits per heavy atom. The second-order valence-corrected chi connectivity index (χ2v) is 6.28. The zero-order chi connectivity index (χ0) is 17.5. The fraction of sp³-hybridized carbons (Fsp3) is 0.200. The Kier molecular flexibility index (Phi) is 5.99. The predicted molar refractivity (Wildman–Crippen MR) is 102 cm³/mol. The van der Waals surface area contributed by atoms with Gasteiger partial charge in [-0.05, 0) is 48.0 Å². The lowest BCUT2D eigenvalue weighted by Gasteiger charge is -2.23. The number of nitrogens with zero attached hydrogens (tertiary/aromatic N) is 3. The van der Waals surface area contributed by atoms with Gasteiger partial charge in [-0.2, -0.15) is 0 Å². The van der Waals surface area contributed by atoms with E-state index in [0.717, 1.165) is 47.3 Å². The Balaban J connectivity index is 1.84. The van der Waals surface area contributed by atoms with Crippen LogP contribution in [0.2, 0.25) is 5.02 Å². The number of anilines is 1. The van der Waals surface area contributed by atoms with Crippen LogP contribution in [0, 0.1) is 0 Å². The number of rotatable bonds is 7. The minimum atomic E-state index is 0.740. The van der Waals surface area contributed by atoms with Crippen molar-refractivity contribution in [3.05, 3.63) is 89.0 Å². The maximum absolute atomic E-state index is 6.21. The molecule has 0 unspecified atom stereocenters. The zero-order valence-corrected chi connectivity index (χ0v) is 14.9. The van der Waals surface area contributed by atoms with E-state index >= 15 is 0 Å². The molecule has 0 saturated heterocycles. The third kappa shape index (κ3) is 5.02. The molecule has 2 aromatic heterocycles. The van der Waals surface area contributed by atoms with Crippen LogP contribution in [0.25, 0.3) is 0 Å². The van der Waals surface area contributed by atoms with Crippen LogP contribution in [0.3, 0.4) is 0 Å². The summed E-state index contributed by atoms with van der Waals surface area (Å²) in [7, 11) is 1.93. The van der Waals surface area contributed by atoms with Crippen molar-refractivity contribution in [1.82, 2.24) is 14.9 Å². The highest BCUT2D eigenvalue weighted by molar-refractivity contribution is 6.30. The van der Waals surface area contributed by atoms with Crippen molar-refractivity contribution in [2.24, 2.45) is 0 Å². The van der Waals surface area contributed by atoms with Gasteiger partial charge in [0.2, 0.25) is 0 Å². The van der Waals surface area contributed by atoms with Gasteiger partial charge in [0.1, 0.15) is 0 Å². The molecule has 0 spiro atoms. The molecule has 3 rings (SSSR count). The van der Waals surface area contributed by atoms with E-state index in [1.807, 2.05) is 74.0 Å². The molecular formula is C20H21ClN4. The first-order chi connectivity index (χ1) is 12.2. The van der Waals surface area contributed by atoms with Crippen LogP contribution in [-0.4, -0.2) is 21.9 Å². The standard InChI is InChI=1S/C20H21ClN4/c1-22-20-9-8-17(21)12-16(20)13-25(14-18-6-2-4-10-23-18)15-19-7-3-5-11-24-19/h2-12,22H,13-15H2,1H3. The highest BCUT2D eigenvalue weighted by Gasteiger charge is 2.12. The number of halogens is 1. The van der Waals surface area contributed by atoms with Crippen molar-refractivity contribution in [3.8, 4) is 0 Å². The molecule has 4 nitrogen and oxygen atoms in total. The first-order valence-electron chi connectivity index (χ1n) is 8.23. The number of aromatic nitrogens is 2. The first-order valence-corrected chi connectivity index (χ1v) is 8.61. The summed E-state index contributed by atoms with van der Waals surface area (Å²) in [5.74, 6) is 0. The largest absolute Gasteiger partial charge is 0.388 e. The second kappa shape index (κ2) is 8.60. The van der Waals surface area contributed by atoms with E-state index in [-0.39, 0.29) is 0 Å². The lowest BCUT2D eigenvalue weighted by Crippen LogP contribution is -2.24. The van der Waals surface area contributed by atoms with Crippen LogP contribution in [0.15, 0.2) is 67.0 Å². The topological polar surface area (TPSA) is 41.0 Å². The molecule has 0 saturated carbocycles. The molecule has 0 amide bonds. The summed E-state index contributed by atoms with van der Waals surface area (Å²) in [5, 5.41) is 3.98. The molecule has 1 aromatic carbocycles. The van der Waals surface area contributed by atoms with Crippen LogP contribution in [0.4, 0.5) is 5.69 Å². The van der Waals surface area contributed by atoms with Gasteiger partial charge in [0.25, 0.3) is 0 Å². The van der Waals surface area contributed by atoms with Gasteiger partial charge in [-0.1, -0.05) is 23.7 Å². The smallest absolute Gasteiger partial charge is 0.0544 e. The number of benzene rings is 1. The third-order valence-electron chi connectivity index (χ3n) is 3.95. The van der Waals surface area contributed by atoms with E-state index in [2.05, 4.69) is 20.2 Å². The molecule has 0 bridgehead atoms. The highest BCUT2D eigenvalue weighted by atomic mass is 35.5. The lowest BCUT2D eigenvalue weighted by atomic mass is 10.1. The van der Waals surface area contributed by atoms with Gasteiger partial charge in [0.15, 0.2) is 0 Å². The van der Waals surface area contributed by atoms with E-state index in [1.54, 1.807) is 0 Å². The van der Waals surface area contributed by atoms with Gasteiger partial charge in [-0.3, -0.25) is 14.9 Å². The number of pyridine rings is 2. The average Bonchev–Trinajstić information content (AvgIpc) is 2.63. The number of nitrogens with one attached hydrogen (secondary N) is 1. The maximum atomic E-state index is 6.21. The van der Waals surface area contributed by atoms with Gasteiger partial charge in [-0.25, -0.2) is 0 Å². The molecule has 3 aromatic rings. The Morgan fingerprint density at radius 1 is 0.880 bits per heavy atom. The lowest BCUT2D eigenvalue weighted by molar-refractivity contribution is 0.242. The highest BCUT2D eigenvalue weighted by Crippen LogP contribution is 2.23. The quantitative estimate of drug-likeness (QED) is 0.685. The summed E-state index contributed by atoms with van der Waals surface area (Å²) < 4.78 is 0. The molecule has 0 aliphatic carbocycles. The van der Waals surface area contributed by atoms with Crippen LogP contribution in [-0.2, 0) is 19.6 Å². The van der Waals surface area contributed by atoms with E-state index < -0.39 is 0 Å². The van der Waals surface area contributed by atoms with E-state index in [4.69, 9.17) is 11.6 Å². The fourth-order valence-corrected chi connectivity index (χ4v) is 2.98. The van der Waals surface area contributed by atoms with Gasteiger partial charge in [-0.15, -0.1) is 0 Å². The summed E-state index contributed by atoms with van der Waals surface area (Å²) in [6.07, 6.45) is 3.65. The van der Waals surface area contributed by atoms with Crippen LogP contribution >= 0.6 is 11.6 Å². The van der Waals surface area contributed by atoms with E-state index in [0.29, 0.717) is 0 Å². The van der Waals surface area contributed by atoms with Gasteiger partial charge >= 0.3 is 0 Å². The summed E-state index contributed by atoms with van der Waals surface area (Å²) in [5.41, 5.74) is 4.30.